The number of amides is 1. The fraction of sp³-hybridized carbons (Fsp3) is 0.143. The van der Waals surface area contributed by atoms with Gasteiger partial charge in [-0.15, -0.1) is 5.10 Å². The summed E-state index contributed by atoms with van der Waals surface area (Å²) >= 11 is 0. The lowest BCUT2D eigenvalue weighted by molar-refractivity contribution is -0.807. The van der Waals surface area contributed by atoms with Gasteiger partial charge in [0.1, 0.15) is 0 Å². The molecule has 1 aliphatic heterocycles. The highest BCUT2D eigenvalue weighted by molar-refractivity contribution is 6.14. The van der Waals surface area contributed by atoms with Crippen LogP contribution >= 0.6 is 0 Å². The number of allylic oxidation sites excluding steroid dienone is 2. The number of nitrogens with zero attached hydrogens (tertiary/aromatic N) is 5. The van der Waals surface area contributed by atoms with Crippen LogP contribution in [0, 0.1) is 10.4 Å². The minimum Gasteiger partial charge on any atom is -0.737 e. The van der Waals surface area contributed by atoms with E-state index in [2.05, 4.69) is 20.2 Å². The summed E-state index contributed by atoms with van der Waals surface area (Å²) in [6, 6.07) is 6.69. The Morgan fingerprint density at radius 1 is 1.46 bits per heavy atom. The second kappa shape index (κ2) is 5.06. The number of aromatic nitrogens is 2. The van der Waals surface area contributed by atoms with Crippen LogP contribution in [0.1, 0.15) is 18.3 Å². The zero-order valence-corrected chi connectivity index (χ0v) is 12.5. The van der Waals surface area contributed by atoms with Gasteiger partial charge >= 0.3 is 0 Å². The molecule has 1 aromatic carbocycles. The third-order valence-corrected chi connectivity index (χ3v) is 3.63. The molecule has 2 heterocycles. The Bertz CT molecular complexity index is 902. The summed E-state index contributed by atoms with van der Waals surface area (Å²) in [5, 5.41) is 36.3. The van der Waals surface area contributed by atoms with E-state index in [0.29, 0.717) is 32.8 Å². The maximum atomic E-state index is 12.5. The first-order chi connectivity index (χ1) is 11.5. The van der Waals surface area contributed by atoms with Gasteiger partial charge < -0.3 is 20.9 Å². The minimum atomic E-state index is -0.220. The van der Waals surface area contributed by atoms with Crippen molar-refractivity contribution >= 4 is 23.0 Å². The first kappa shape index (κ1) is 14.2. The van der Waals surface area contributed by atoms with Crippen molar-refractivity contribution in [2.45, 2.75) is 13.3 Å². The van der Waals surface area contributed by atoms with Gasteiger partial charge in [0.15, 0.2) is 5.71 Å². The normalized spacial score (nSPS) is 15.6. The highest BCUT2D eigenvalue weighted by atomic mass is 16.8. The van der Waals surface area contributed by atoms with Crippen LogP contribution in [-0.2, 0) is 11.2 Å². The van der Waals surface area contributed by atoms with Crippen LogP contribution in [-0.4, -0.2) is 21.9 Å². The standard InChI is InChI=1S/C14H11N6O4/c1-8(21)15-9-3-2-4-10(7-9)18-16-13-11(19(18)22)5-6-12-14(13)17-24-20(12)23/h2-5,7H,6H2,1H3,(H,15,21)/q-1. The molecule has 0 atom stereocenters. The maximum absolute atomic E-state index is 12.5. The van der Waals surface area contributed by atoms with Crippen molar-refractivity contribution in [2.24, 2.45) is 5.10 Å². The lowest BCUT2D eigenvalue weighted by Crippen LogP contribution is -2.32. The monoisotopic (exact) mass is 327 g/mol. The Morgan fingerprint density at radius 2 is 2.29 bits per heavy atom. The zero-order chi connectivity index (χ0) is 16.8. The van der Waals surface area contributed by atoms with Crippen LogP contribution in [0.3, 0.4) is 0 Å². The highest BCUT2D eigenvalue weighted by Gasteiger charge is 2.36. The summed E-state index contributed by atoms with van der Waals surface area (Å²) < 4.78 is 4.58. The van der Waals surface area contributed by atoms with Gasteiger partial charge in [0.25, 0.3) is 5.69 Å². The molecule has 0 saturated heterocycles. The van der Waals surface area contributed by atoms with Crippen LogP contribution < -0.4 is 15.3 Å². The van der Waals surface area contributed by atoms with E-state index in [1.54, 1.807) is 30.3 Å². The smallest absolute Gasteiger partial charge is 0.274 e. The molecule has 1 amide bonds. The van der Waals surface area contributed by atoms with Gasteiger partial charge in [0.05, 0.1) is 11.4 Å². The average molecular weight is 327 g/mol. The minimum absolute atomic E-state index is 0.220. The van der Waals surface area contributed by atoms with Gasteiger partial charge in [-0.05, 0) is 29.2 Å². The van der Waals surface area contributed by atoms with E-state index in [9.17, 15) is 15.2 Å². The quantitative estimate of drug-likeness (QED) is 0.803. The molecule has 4 rings (SSSR count). The number of benzene rings is 1. The van der Waals surface area contributed by atoms with Gasteiger partial charge in [0, 0.05) is 24.2 Å². The number of rotatable bonds is 2. The Labute approximate surface area is 135 Å². The topological polar surface area (TPSA) is 124 Å². The fourth-order valence-electron chi connectivity index (χ4n) is 2.61. The highest BCUT2D eigenvalue weighted by Crippen LogP contribution is 2.32. The van der Waals surface area contributed by atoms with Crippen molar-refractivity contribution in [2.75, 3.05) is 10.4 Å². The van der Waals surface area contributed by atoms with Crippen molar-refractivity contribution in [3.63, 3.8) is 0 Å². The van der Waals surface area contributed by atoms with E-state index in [-0.39, 0.29) is 23.7 Å². The summed E-state index contributed by atoms with van der Waals surface area (Å²) in [6.07, 6.45) is 1.83. The molecule has 24 heavy (non-hydrogen) atoms. The Hall–Kier alpha value is -3.40. The van der Waals surface area contributed by atoms with Crippen molar-refractivity contribution in [1.82, 2.24) is 10.3 Å². The molecule has 0 unspecified atom stereocenters. The fourth-order valence-corrected chi connectivity index (χ4v) is 2.61. The summed E-state index contributed by atoms with van der Waals surface area (Å²) in [6.45, 7) is 1.40. The molecule has 1 aliphatic carbocycles. The molecular weight excluding hydrogens is 316 g/mol. The van der Waals surface area contributed by atoms with Gasteiger partial charge in [0.2, 0.25) is 11.6 Å². The molecule has 0 fully saturated rings. The number of hydrogen-bond acceptors (Lipinski definition) is 8. The molecule has 1 aromatic heterocycles. The number of carbonyl (C=O) groups is 1. The Kier molecular flexibility index (Phi) is 3.00. The van der Waals surface area contributed by atoms with Crippen LogP contribution in [0.4, 0.5) is 11.4 Å². The van der Waals surface area contributed by atoms with Crippen molar-refractivity contribution in [3.05, 3.63) is 57.8 Å². The molecule has 2 aromatic rings. The maximum Gasteiger partial charge on any atom is 0.274 e. The summed E-state index contributed by atoms with van der Waals surface area (Å²) in [7, 11) is 0. The third-order valence-electron chi connectivity index (χ3n) is 3.63. The van der Waals surface area contributed by atoms with E-state index < -0.39 is 0 Å². The molecule has 1 N–H and O–H groups in total. The largest absolute Gasteiger partial charge is 0.737 e. The lowest BCUT2D eigenvalue weighted by atomic mass is 10.0. The van der Waals surface area contributed by atoms with Crippen molar-refractivity contribution < 1.29 is 14.3 Å². The van der Waals surface area contributed by atoms with Crippen molar-refractivity contribution in [3.8, 4) is 0 Å². The van der Waals surface area contributed by atoms with E-state index in [4.69, 9.17) is 0 Å². The number of hydrogen-bond donors (Lipinski definition) is 1. The zero-order valence-electron chi connectivity index (χ0n) is 12.5. The van der Waals surface area contributed by atoms with E-state index >= 15 is 0 Å². The second-order valence-electron chi connectivity index (χ2n) is 5.26. The average Bonchev–Trinajstić information content (AvgIpc) is 3.08. The molecule has 0 radical (unpaired) electrons. The SMILES string of the molecule is CC(=O)Nc1cccc(N2N=C3C(=CCc4c3no[n+]4[O-])N2[O-])c1. The summed E-state index contributed by atoms with van der Waals surface area (Å²) in [5.41, 5.74) is 2.12. The van der Waals surface area contributed by atoms with E-state index in [1.807, 2.05) is 0 Å². The number of hydroxylamine groups is 1. The molecule has 0 bridgehead atoms. The predicted molar refractivity (Wildman–Crippen MR) is 82.2 cm³/mol. The summed E-state index contributed by atoms with van der Waals surface area (Å²) in [4.78, 5) is 11.5. The predicted octanol–water partition coefficient (Wildman–Crippen LogP) is 0.645. The first-order valence-corrected chi connectivity index (χ1v) is 7.07. The number of hydrazine groups is 1. The first-order valence-electron chi connectivity index (χ1n) is 7.07. The molecule has 2 aliphatic rings. The van der Waals surface area contributed by atoms with Gasteiger partial charge in [-0.25, -0.2) is 0 Å². The van der Waals surface area contributed by atoms with E-state index in [0.717, 1.165) is 5.12 Å². The number of nitrogens with one attached hydrogen (secondary N) is 1. The molecule has 0 saturated carbocycles. The number of fused-ring (bicyclic) bond motifs is 3. The third kappa shape index (κ3) is 2.08. The van der Waals surface area contributed by atoms with Gasteiger partial charge in [-0.1, -0.05) is 6.07 Å². The Morgan fingerprint density at radius 3 is 3.08 bits per heavy atom. The van der Waals surface area contributed by atoms with Gasteiger partial charge in [-0.3, -0.25) is 9.42 Å². The molecular formula is C14H11N6O4-. The molecule has 10 heteroatoms. The lowest BCUT2D eigenvalue weighted by Gasteiger charge is -2.34. The van der Waals surface area contributed by atoms with Crippen LogP contribution in [0.25, 0.3) is 0 Å². The van der Waals surface area contributed by atoms with Crippen LogP contribution in [0.2, 0.25) is 0 Å². The number of anilines is 2. The Balaban J connectivity index is 1.73. The summed E-state index contributed by atoms with van der Waals surface area (Å²) in [5.74, 6) is -0.220. The van der Waals surface area contributed by atoms with Crippen molar-refractivity contribution in [1.29, 1.82) is 0 Å². The second-order valence-corrected chi connectivity index (χ2v) is 5.26. The molecule has 10 nitrogen and oxygen atoms in total. The van der Waals surface area contributed by atoms with Gasteiger partial charge in [-0.2, -0.15) is 5.12 Å². The molecule has 0 spiro atoms. The van der Waals surface area contributed by atoms with E-state index in [1.165, 1.54) is 6.92 Å². The number of hydrazone groups is 1. The van der Waals surface area contributed by atoms with Crippen LogP contribution in [0.15, 0.2) is 45.8 Å². The van der Waals surface area contributed by atoms with Crippen LogP contribution in [0.5, 0.6) is 0 Å². The number of carbonyl (C=O) groups excluding carboxylic acids is 1. The molecule has 122 valence electrons.